The zero-order chi connectivity index (χ0) is 8.27. The fourth-order valence-corrected chi connectivity index (χ4v) is 0.784. The maximum Gasteiger partial charge on any atom is 0.146 e. The summed E-state index contributed by atoms with van der Waals surface area (Å²) < 4.78 is 17.4. The van der Waals surface area contributed by atoms with Gasteiger partial charge in [0.25, 0.3) is 0 Å². The first-order valence-electron chi connectivity index (χ1n) is 3.08. The molecule has 3 N–H and O–H groups in total. The van der Waals surface area contributed by atoms with E-state index < -0.39 is 0 Å². The molecule has 76 valence electrons. The van der Waals surface area contributed by atoms with Crippen molar-refractivity contribution in [3.8, 4) is 5.75 Å². The van der Waals surface area contributed by atoms with Gasteiger partial charge in [-0.1, -0.05) is 0 Å². The molecule has 3 nitrogen and oxygen atoms in total. The van der Waals surface area contributed by atoms with Crippen molar-refractivity contribution in [3.05, 3.63) is 24.0 Å². The van der Waals surface area contributed by atoms with Crippen LogP contribution in [0.4, 0.5) is 10.1 Å². The monoisotopic (exact) mass is 228 g/mol. The second-order valence-electron chi connectivity index (χ2n) is 1.99. The summed E-state index contributed by atoms with van der Waals surface area (Å²) >= 11 is 0. The summed E-state index contributed by atoms with van der Waals surface area (Å²) in [5.41, 5.74) is 2.95. The number of ether oxygens (including phenoxy) is 1. The molecule has 0 unspecified atom stereocenters. The van der Waals surface area contributed by atoms with Crippen molar-refractivity contribution in [1.29, 1.82) is 0 Å². The molecule has 0 aliphatic carbocycles. The van der Waals surface area contributed by atoms with Crippen LogP contribution in [-0.2, 0) is 0 Å². The molecule has 0 saturated heterocycles. The van der Waals surface area contributed by atoms with Crippen LogP contribution in [0.25, 0.3) is 0 Å². The molecule has 0 aliphatic rings. The predicted molar refractivity (Wildman–Crippen MR) is 55.3 cm³/mol. The minimum Gasteiger partial charge on any atom is -0.494 e. The van der Waals surface area contributed by atoms with Gasteiger partial charge in [0, 0.05) is 6.07 Å². The Labute approximate surface area is 88.2 Å². The van der Waals surface area contributed by atoms with Gasteiger partial charge in [0.2, 0.25) is 0 Å². The number of anilines is 1. The second kappa shape index (κ2) is 6.77. The molecule has 0 bridgehead atoms. The molecule has 0 radical (unpaired) electrons. The third-order valence-electron chi connectivity index (χ3n) is 1.32. The van der Waals surface area contributed by atoms with Gasteiger partial charge in [0.15, 0.2) is 0 Å². The van der Waals surface area contributed by atoms with Crippen LogP contribution in [0.2, 0.25) is 0 Å². The molecule has 1 aromatic rings. The first-order chi connectivity index (χ1) is 5.27. The van der Waals surface area contributed by atoms with E-state index in [0.29, 0.717) is 11.4 Å². The van der Waals surface area contributed by atoms with Gasteiger partial charge >= 0.3 is 0 Å². The number of rotatable bonds is 2. The van der Waals surface area contributed by atoms with Crippen LogP contribution in [-0.4, -0.2) is 7.11 Å². The van der Waals surface area contributed by atoms with Gasteiger partial charge in [0.05, 0.1) is 12.8 Å². The van der Waals surface area contributed by atoms with Crippen molar-refractivity contribution in [2.24, 2.45) is 5.84 Å². The molecule has 0 fully saturated rings. The van der Waals surface area contributed by atoms with Crippen LogP contribution in [0, 0.1) is 5.82 Å². The minimum absolute atomic E-state index is 0. The van der Waals surface area contributed by atoms with Crippen molar-refractivity contribution in [3.63, 3.8) is 0 Å². The number of nitrogen functional groups attached to an aromatic ring is 1. The van der Waals surface area contributed by atoms with Crippen LogP contribution in [0.1, 0.15) is 0 Å². The van der Waals surface area contributed by atoms with E-state index in [2.05, 4.69) is 5.43 Å². The largest absolute Gasteiger partial charge is 0.494 e. The number of hydrazine groups is 1. The standard InChI is InChI=1S/C7H9FN2O.2ClH/c1-11-7-4-5(8)2-3-6(7)10-9;;/h2-4,10H,9H2,1H3;2*1H. The third-order valence-corrected chi connectivity index (χ3v) is 1.32. The topological polar surface area (TPSA) is 47.3 Å². The molecule has 13 heavy (non-hydrogen) atoms. The van der Waals surface area contributed by atoms with Gasteiger partial charge in [-0.25, -0.2) is 4.39 Å². The van der Waals surface area contributed by atoms with Gasteiger partial charge in [-0.15, -0.1) is 24.8 Å². The zero-order valence-corrected chi connectivity index (χ0v) is 8.55. The summed E-state index contributed by atoms with van der Waals surface area (Å²) in [6.07, 6.45) is 0. The fraction of sp³-hybridized carbons (Fsp3) is 0.143. The number of methoxy groups -OCH3 is 1. The zero-order valence-electron chi connectivity index (χ0n) is 6.91. The lowest BCUT2D eigenvalue weighted by atomic mass is 10.3. The molecule has 0 saturated carbocycles. The smallest absolute Gasteiger partial charge is 0.146 e. The summed E-state index contributed by atoms with van der Waals surface area (Å²) in [5.74, 6) is 5.17. The third kappa shape index (κ3) is 3.67. The van der Waals surface area contributed by atoms with E-state index in [-0.39, 0.29) is 30.6 Å². The molecule has 1 aromatic carbocycles. The predicted octanol–water partition coefficient (Wildman–Crippen LogP) is 1.96. The van der Waals surface area contributed by atoms with E-state index in [0.717, 1.165) is 0 Å². The van der Waals surface area contributed by atoms with E-state index in [4.69, 9.17) is 10.6 Å². The highest BCUT2D eigenvalue weighted by atomic mass is 35.5. The maximum atomic E-state index is 12.5. The lowest BCUT2D eigenvalue weighted by Gasteiger charge is -2.06. The molecule has 0 aromatic heterocycles. The van der Waals surface area contributed by atoms with E-state index >= 15 is 0 Å². The van der Waals surface area contributed by atoms with E-state index in [1.165, 1.54) is 25.3 Å². The van der Waals surface area contributed by atoms with E-state index in [1.807, 2.05) is 0 Å². The van der Waals surface area contributed by atoms with Crippen molar-refractivity contribution in [2.45, 2.75) is 0 Å². The normalized spacial score (nSPS) is 7.92. The van der Waals surface area contributed by atoms with E-state index in [9.17, 15) is 4.39 Å². The Hall–Kier alpha value is -0.710. The first kappa shape index (κ1) is 14.8. The SMILES string of the molecule is COc1cc(F)ccc1NN.Cl.Cl. The maximum absolute atomic E-state index is 12.5. The Balaban J connectivity index is 0. The summed E-state index contributed by atoms with van der Waals surface area (Å²) in [5, 5.41) is 0. The Morgan fingerprint density at radius 1 is 1.38 bits per heavy atom. The quantitative estimate of drug-likeness (QED) is 0.602. The number of benzene rings is 1. The van der Waals surface area contributed by atoms with Gasteiger partial charge < -0.3 is 10.2 Å². The Morgan fingerprint density at radius 2 is 2.00 bits per heavy atom. The van der Waals surface area contributed by atoms with Gasteiger partial charge in [-0.3, -0.25) is 5.84 Å². The van der Waals surface area contributed by atoms with Crippen molar-refractivity contribution < 1.29 is 9.13 Å². The first-order valence-corrected chi connectivity index (χ1v) is 3.08. The highest BCUT2D eigenvalue weighted by Gasteiger charge is 2.00. The highest BCUT2D eigenvalue weighted by Crippen LogP contribution is 2.23. The Kier molecular flexibility index (Phi) is 7.70. The Morgan fingerprint density at radius 3 is 2.46 bits per heavy atom. The number of hydrogen-bond acceptors (Lipinski definition) is 3. The van der Waals surface area contributed by atoms with Crippen molar-refractivity contribution in [1.82, 2.24) is 0 Å². The fourth-order valence-electron chi connectivity index (χ4n) is 0.784. The van der Waals surface area contributed by atoms with Crippen LogP contribution in [0.3, 0.4) is 0 Å². The number of nitrogens with two attached hydrogens (primary N) is 1. The summed E-state index contributed by atoms with van der Waals surface area (Å²) in [4.78, 5) is 0. The highest BCUT2D eigenvalue weighted by molar-refractivity contribution is 5.85. The van der Waals surface area contributed by atoms with Gasteiger partial charge in [0.1, 0.15) is 11.6 Å². The molecule has 0 atom stereocenters. The molecule has 6 heteroatoms. The lowest BCUT2D eigenvalue weighted by molar-refractivity contribution is 0.413. The molecule has 0 aliphatic heterocycles. The molecular formula is C7H11Cl2FN2O. The molecular weight excluding hydrogens is 218 g/mol. The van der Waals surface area contributed by atoms with Crippen molar-refractivity contribution >= 4 is 30.5 Å². The Bertz CT molecular complexity index is 260. The number of halogens is 3. The minimum atomic E-state index is -0.346. The molecule has 0 amide bonds. The molecule has 1 rings (SSSR count). The van der Waals surface area contributed by atoms with Crippen LogP contribution >= 0.6 is 24.8 Å². The number of nitrogens with one attached hydrogen (secondary N) is 1. The lowest BCUT2D eigenvalue weighted by Crippen LogP contribution is -2.08. The summed E-state index contributed by atoms with van der Waals surface area (Å²) in [6.45, 7) is 0. The van der Waals surface area contributed by atoms with Crippen molar-refractivity contribution in [2.75, 3.05) is 12.5 Å². The van der Waals surface area contributed by atoms with E-state index in [1.54, 1.807) is 0 Å². The van der Waals surface area contributed by atoms with Crippen LogP contribution in [0.5, 0.6) is 5.75 Å². The van der Waals surface area contributed by atoms with Crippen LogP contribution in [0.15, 0.2) is 18.2 Å². The van der Waals surface area contributed by atoms with Gasteiger partial charge in [-0.2, -0.15) is 0 Å². The summed E-state index contributed by atoms with van der Waals surface area (Å²) in [7, 11) is 1.45. The average molecular weight is 229 g/mol. The summed E-state index contributed by atoms with van der Waals surface area (Å²) in [6, 6.07) is 4.07. The van der Waals surface area contributed by atoms with Crippen LogP contribution < -0.4 is 16.0 Å². The second-order valence-corrected chi connectivity index (χ2v) is 1.99. The van der Waals surface area contributed by atoms with Gasteiger partial charge in [-0.05, 0) is 12.1 Å². The molecule has 0 heterocycles. The molecule has 0 spiro atoms. The average Bonchev–Trinajstić information content (AvgIpc) is 2.04. The number of hydrogen-bond donors (Lipinski definition) is 2.